The summed E-state index contributed by atoms with van der Waals surface area (Å²) in [4.78, 5) is 6.03. The van der Waals surface area contributed by atoms with E-state index in [2.05, 4.69) is 15.6 Å². The fourth-order valence-corrected chi connectivity index (χ4v) is 2.76. The lowest BCUT2D eigenvalue weighted by molar-refractivity contribution is -0.148. The van der Waals surface area contributed by atoms with Gasteiger partial charge < -0.3 is 15.4 Å². The Morgan fingerprint density at radius 3 is 2.36 bits per heavy atom. The molecule has 1 saturated heterocycles. The molecule has 0 radical (unpaired) electrons. The number of guanidine groups is 1. The van der Waals surface area contributed by atoms with Crippen LogP contribution in [-0.4, -0.2) is 69.0 Å². The number of hydrogen-bond donors (Lipinski definition) is 2. The minimum absolute atomic E-state index is 0.312. The molecule has 0 aromatic carbocycles. The highest BCUT2D eigenvalue weighted by Gasteiger charge is 2.32. The topological polar surface area (TPSA) is 48.9 Å². The first-order valence-electron chi connectivity index (χ1n) is 9.01. The molecule has 1 aliphatic rings. The number of piperidine rings is 1. The second-order valence-electron chi connectivity index (χ2n) is 7.21. The van der Waals surface area contributed by atoms with E-state index >= 15 is 0 Å². The van der Waals surface area contributed by atoms with Crippen molar-refractivity contribution in [2.24, 2.45) is 10.9 Å². The summed E-state index contributed by atoms with van der Waals surface area (Å²) in [5.74, 6) is 1.22. The molecule has 0 spiro atoms. The van der Waals surface area contributed by atoms with Gasteiger partial charge in [-0.15, -0.1) is 0 Å². The van der Waals surface area contributed by atoms with Crippen molar-refractivity contribution in [3.63, 3.8) is 0 Å². The Morgan fingerprint density at radius 1 is 1.20 bits per heavy atom. The number of hydrogen-bond acceptors (Lipinski definition) is 3. The molecule has 25 heavy (non-hydrogen) atoms. The maximum atomic E-state index is 12.4. The largest absolute Gasteiger partial charge is 0.401 e. The van der Waals surface area contributed by atoms with Crippen LogP contribution < -0.4 is 10.6 Å². The third kappa shape index (κ3) is 9.89. The maximum absolute atomic E-state index is 12.4. The Labute approximate surface area is 149 Å². The quantitative estimate of drug-likeness (QED) is 0.512. The third-order valence-corrected chi connectivity index (χ3v) is 4.47. The molecular formula is C17H33F3N4O. The number of ether oxygens (including phenoxy) is 1. The van der Waals surface area contributed by atoms with Crippen LogP contribution >= 0.6 is 0 Å². The number of nitrogens with zero attached hydrogens (tertiary/aromatic N) is 2. The molecule has 0 atom stereocenters. The Morgan fingerprint density at radius 2 is 1.84 bits per heavy atom. The predicted octanol–water partition coefficient (Wildman–Crippen LogP) is 2.63. The van der Waals surface area contributed by atoms with Crippen molar-refractivity contribution in [2.45, 2.75) is 51.8 Å². The Bertz CT molecular complexity index is 405. The molecule has 1 aliphatic heterocycles. The number of rotatable bonds is 8. The second kappa shape index (κ2) is 10.2. The van der Waals surface area contributed by atoms with Gasteiger partial charge in [0.15, 0.2) is 5.96 Å². The van der Waals surface area contributed by atoms with Crippen LogP contribution in [0.3, 0.4) is 0 Å². The van der Waals surface area contributed by atoms with E-state index < -0.39 is 12.7 Å². The van der Waals surface area contributed by atoms with Crippen LogP contribution in [0.4, 0.5) is 13.2 Å². The minimum atomic E-state index is -4.10. The predicted molar refractivity (Wildman–Crippen MR) is 94.9 cm³/mol. The molecule has 0 saturated carbocycles. The van der Waals surface area contributed by atoms with E-state index in [1.165, 1.54) is 4.90 Å². The molecule has 1 heterocycles. The normalized spacial score (nSPS) is 18.4. The number of likely N-dealkylation sites (tertiary alicyclic amines) is 1. The van der Waals surface area contributed by atoms with Gasteiger partial charge in [-0.05, 0) is 59.0 Å². The summed E-state index contributed by atoms with van der Waals surface area (Å²) in [6, 6.07) is 0. The summed E-state index contributed by atoms with van der Waals surface area (Å²) in [5.41, 5.74) is -0.312. The van der Waals surface area contributed by atoms with Crippen LogP contribution in [0.15, 0.2) is 4.99 Å². The lowest BCUT2D eigenvalue weighted by Crippen LogP contribution is -2.42. The van der Waals surface area contributed by atoms with Crippen molar-refractivity contribution in [1.29, 1.82) is 0 Å². The first-order valence-corrected chi connectivity index (χ1v) is 9.01. The van der Waals surface area contributed by atoms with E-state index in [1.54, 1.807) is 7.11 Å². The van der Waals surface area contributed by atoms with E-state index in [9.17, 15) is 13.2 Å². The standard InChI is InChI=1S/C17H33F3N4O/c1-5-21-15(23-12-16(2,3)25-4)22-9-6-14-7-10-24(11-8-14)13-17(18,19)20/h14H,5-13H2,1-4H3,(H2,21,22,23). The molecule has 0 aliphatic carbocycles. The Balaban J connectivity index is 2.31. The van der Waals surface area contributed by atoms with Gasteiger partial charge in [0, 0.05) is 20.2 Å². The van der Waals surface area contributed by atoms with Crippen molar-refractivity contribution in [2.75, 3.05) is 46.4 Å². The van der Waals surface area contributed by atoms with Gasteiger partial charge in [0.25, 0.3) is 0 Å². The monoisotopic (exact) mass is 366 g/mol. The van der Waals surface area contributed by atoms with Gasteiger partial charge in [-0.2, -0.15) is 13.2 Å². The zero-order chi connectivity index (χ0) is 18.9. The molecule has 0 bridgehead atoms. The van der Waals surface area contributed by atoms with Crippen LogP contribution in [0.1, 0.15) is 40.0 Å². The van der Waals surface area contributed by atoms with Crippen molar-refractivity contribution < 1.29 is 17.9 Å². The lowest BCUT2D eigenvalue weighted by Gasteiger charge is -2.32. The zero-order valence-corrected chi connectivity index (χ0v) is 15.9. The van der Waals surface area contributed by atoms with E-state index in [-0.39, 0.29) is 5.60 Å². The van der Waals surface area contributed by atoms with Crippen LogP contribution in [0.25, 0.3) is 0 Å². The van der Waals surface area contributed by atoms with Crippen molar-refractivity contribution in [3.8, 4) is 0 Å². The fourth-order valence-electron chi connectivity index (χ4n) is 2.76. The summed E-state index contributed by atoms with van der Waals surface area (Å²) in [5, 5.41) is 6.50. The van der Waals surface area contributed by atoms with Crippen LogP contribution in [0.2, 0.25) is 0 Å². The summed E-state index contributed by atoms with van der Waals surface area (Å²) in [6.07, 6.45) is -1.51. The SMILES string of the molecule is CCNC(=NCC(C)(C)OC)NCCC1CCN(CC(F)(F)F)CC1. The van der Waals surface area contributed by atoms with Gasteiger partial charge in [-0.25, -0.2) is 0 Å². The van der Waals surface area contributed by atoms with Crippen LogP contribution in [0, 0.1) is 5.92 Å². The number of aliphatic imine (C=N–C) groups is 1. The molecule has 0 unspecified atom stereocenters. The van der Waals surface area contributed by atoms with Gasteiger partial charge >= 0.3 is 6.18 Å². The first-order chi connectivity index (χ1) is 11.6. The molecule has 8 heteroatoms. The molecule has 148 valence electrons. The first kappa shape index (κ1) is 22.0. The van der Waals surface area contributed by atoms with Gasteiger partial charge in [-0.1, -0.05) is 0 Å². The van der Waals surface area contributed by atoms with E-state index in [4.69, 9.17) is 4.74 Å². The second-order valence-corrected chi connectivity index (χ2v) is 7.21. The molecule has 1 fully saturated rings. The fraction of sp³-hybridized carbons (Fsp3) is 0.941. The van der Waals surface area contributed by atoms with Crippen LogP contribution in [-0.2, 0) is 4.74 Å². The van der Waals surface area contributed by atoms with Gasteiger partial charge in [0.05, 0.1) is 18.7 Å². The molecule has 0 amide bonds. The third-order valence-electron chi connectivity index (χ3n) is 4.47. The smallest absolute Gasteiger partial charge is 0.377 e. The summed E-state index contributed by atoms with van der Waals surface area (Å²) >= 11 is 0. The summed E-state index contributed by atoms with van der Waals surface area (Å²) in [7, 11) is 1.67. The van der Waals surface area contributed by atoms with Crippen molar-refractivity contribution in [3.05, 3.63) is 0 Å². The molecular weight excluding hydrogens is 333 g/mol. The molecule has 5 nitrogen and oxygen atoms in total. The van der Waals surface area contributed by atoms with Crippen molar-refractivity contribution in [1.82, 2.24) is 15.5 Å². The summed E-state index contributed by atoms with van der Waals surface area (Å²) in [6.45, 7) is 8.33. The molecule has 0 aromatic rings. The number of methoxy groups -OCH3 is 1. The Hall–Kier alpha value is -1.02. The van der Waals surface area contributed by atoms with E-state index in [0.29, 0.717) is 25.6 Å². The highest BCUT2D eigenvalue weighted by molar-refractivity contribution is 5.79. The van der Waals surface area contributed by atoms with Gasteiger partial charge in [0.2, 0.25) is 0 Å². The van der Waals surface area contributed by atoms with Gasteiger partial charge in [-0.3, -0.25) is 9.89 Å². The lowest BCUT2D eigenvalue weighted by atomic mass is 9.93. The van der Waals surface area contributed by atoms with Crippen LogP contribution in [0.5, 0.6) is 0 Å². The molecule has 2 N–H and O–H groups in total. The minimum Gasteiger partial charge on any atom is -0.377 e. The summed E-state index contributed by atoms with van der Waals surface area (Å²) < 4.78 is 42.6. The zero-order valence-electron chi connectivity index (χ0n) is 15.9. The van der Waals surface area contributed by atoms with Gasteiger partial charge in [0.1, 0.15) is 0 Å². The maximum Gasteiger partial charge on any atom is 0.401 e. The van der Waals surface area contributed by atoms with E-state index in [1.807, 2.05) is 20.8 Å². The number of nitrogens with one attached hydrogen (secondary N) is 2. The average molecular weight is 366 g/mol. The number of alkyl halides is 3. The van der Waals surface area contributed by atoms with Crippen molar-refractivity contribution >= 4 is 5.96 Å². The highest BCUT2D eigenvalue weighted by Crippen LogP contribution is 2.23. The molecule has 1 rings (SSSR count). The number of halogens is 3. The molecule has 0 aromatic heterocycles. The highest BCUT2D eigenvalue weighted by atomic mass is 19.4. The average Bonchev–Trinajstić information content (AvgIpc) is 2.53. The Kier molecular flexibility index (Phi) is 8.99. The van der Waals surface area contributed by atoms with E-state index in [0.717, 1.165) is 38.3 Å².